The summed E-state index contributed by atoms with van der Waals surface area (Å²) in [5.74, 6) is -2.15. The van der Waals surface area contributed by atoms with Crippen molar-refractivity contribution >= 4 is 29.4 Å². The summed E-state index contributed by atoms with van der Waals surface area (Å²) < 4.78 is 9.23. The Labute approximate surface area is 142 Å². The van der Waals surface area contributed by atoms with Gasteiger partial charge in [0, 0.05) is 0 Å². The van der Waals surface area contributed by atoms with Crippen LogP contribution in [0.5, 0.6) is 0 Å². The molecule has 7 nitrogen and oxygen atoms in total. The van der Waals surface area contributed by atoms with Gasteiger partial charge in [-0.05, 0) is 42.5 Å². The van der Waals surface area contributed by atoms with Gasteiger partial charge < -0.3 is 9.47 Å². The monoisotopic (exact) mass is 339 g/mol. The Hall–Kier alpha value is -3.48. The molecule has 7 heteroatoms. The van der Waals surface area contributed by atoms with Crippen molar-refractivity contribution in [3.05, 3.63) is 64.7 Å². The molecule has 0 aromatic heterocycles. The van der Waals surface area contributed by atoms with E-state index in [2.05, 4.69) is 9.47 Å². The van der Waals surface area contributed by atoms with E-state index in [9.17, 15) is 19.2 Å². The predicted molar refractivity (Wildman–Crippen MR) is 86.7 cm³/mol. The highest BCUT2D eigenvalue weighted by Crippen LogP contribution is 2.29. The molecule has 0 aliphatic carbocycles. The Morgan fingerprint density at radius 2 is 1.28 bits per heavy atom. The van der Waals surface area contributed by atoms with E-state index in [1.54, 1.807) is 0 Å². The maximum absolute atomic E-state index is 12.6. The molecule has 1 aliphatic rings. The van der Waals surface area contributed by atoms with Gasteiger partial charge in [0.25, 0.3) is 11.8 Å². The van der Waals surface area contributed by atoms with Gasteiger partial charge in [0.15, 0.2) is 0 Å². The second kappa shape index (κ2) is 6.20. The summed E-state index contributed by atoms with van der Waals surface area (Å²) in [6, 6.07) is 10.1. The van der Waals surface area contributed by atoms with Crippen LogP contribution < -0.4 is 4.90 Å². The number of rotatable bonds is 3. The van der Waals surface area contributed by atoms with Crippen LogP contribution in [0.25, 0.3) is 0 Å². The van der Waals surface area contributed by atoms with E-state index < -0.39 is 23.8 Å². The second-order valence-corrected chi connectivity index (χ2v) is 5.24. The summed E-state index contributed by atoms with van der Waals surface area (Å²) >= 11 is 0. The third kappa shape index (κ3) is 2.65. The Morgan fingerprint density at radius 3 is 1.88 bits per heavy atom. The number of carbonyl (C=O) groups is 4. The van der Waals surface area contributed by atoms with Gasteiger partial charge in [-0.15, -0.1) is 0 Å². The van der Waals surface area contributed by atoms with Crippen molar-refractivity contribution in [1.82, 2.24) is 0 Å². The Bertz CT molecular complexity index is 900. The number of hydrogen-bond acceptors (Lipinski definition) is 6. The first-order valence-corrected chi connectivity index (χ1v) is 7.27. The lowest BCUT2D eigenvalue weighted by atomic mass is 10.1. The first-order valence-electron chi connectivity index (χ1n) is 7.27. The van der Waals surface area contributed by atoms with Gasteiger partial charge in [0.05, 0.1) is 42.2 Å². The van der Waals surface area contributed by atoms with Crippen LogP contribution in [0.4, 0.5) is 5.69 Å². The highest BCUT2D eigenvalue weighted by atomic mass is 16.5. The molecular weight excluding hydrogens is 326 g/mol. The Kier molecular flexibility index (Phi) is 4.06. The number of ether oxygens (including phenoxy) is 2. The summed E-state index contributed by atoms with van der Waals surface area (Å²) in [5, 5.41) is 0. The molecule has 0 saturated carbocycles. The lowest BCUT2D eigenvalue weighted by Gasteiger charge is -2.14. The largest absolute Gasteiger partial charge is 0.465 e. The minimum atomic E-state index is -0.594. The second-order valence-electron chi connectivity index (χ2n) is 5.24. The van der Waals surface area contributed by atoms with Crippen molar-refractivity contribution in [3.63, 3.8) is 0 Å². The number of fused-ring (bicyclic) bond motifs is 1. The molecule has 1 aliphatic heterocycles. The fourth-order valence-electron chi connectivity index (χ4n) is 2.58. The average molecular weight is 339 g/mol. The van der Waals surface area contributed by atoms with Gasteiger partial charge in [-0.1, -0.05) is 0 Å². The van der Waals surface area contributed by atoms with E-state index >= 15 is 0 Å². The zero-order valence-corrected chi connectivity index (χ0v) is 13.4. The molecule has 126 valence electrons. The van der Waals surface area contributed by atoms with Crippen LogP contribution in [-0.4, -0.2) is 38.0 Å². The topological polar surface area (TPSA) is 90.0 Å². The summed E-state index contributed by atoms with van der Waals surface area (Å²) in [5.41, 5.74) is 1.14. The van der Waals surface area contributed by atoms with Crippen LogP contribution >= 0.6 is 0 Å². The van der Waals surface area contributed by atoms with E-state index in [4.69, 9.17) is 0 Å². The zero-order valence-electron chi connectivity index (χ0n) is 13.4. The van der Waals surface area contributed by atoms with Crippen LogP contribution in [0.3, 0.4) is 0 Å². The fourth-order valence-corrected chi connectivity index (χ4v) is 2.58. The molecule has 2 aromatic rings. The number of imide groups is 1. The van der Waals surface area contributed by atoms with Crippen molar-refractivity contribution in [2.75, 3.05) is 19.1 Å². The van der Waals surface area contributed by atoms with E-state index in [0.717, 1.165) is 4.90 Å². The molecule has 0 spiro atoms. The smallest absolute Gasteiger partial charge is 0.337 e. The molecular formula is C18H13NO6. The third-order valence-electron chi connectivity index (χ3n) is 3.85. The number of anilines is 1. The molecule has 3 rings (SSSR count). The molecule has 0 bridgehead atoms. The lowest BCUT2D eigenvalue weighted by Crippen LogP contribution is -2.29. The van der Waals surface area contributed by atoms with Gasteiger partial charge in [-0.2, -0.15) is 0 Å². The number of carbonyl (C=O) groups excluding carboxylic acids is 4. The number of hydrogen-bond donors (Lipinski definition) is 0. The van der Waals surface area contributed by atoms with Crippen molar-refractivity contribution in [2.24, 2.45) is 0 Å². The number of amides is 2. The molecule has 0 atom stereocenters. The summed E-state index contributed by atoms with van der Waals surface area (Å²) in [7, 11) is 2.50. The standard InChI is InChI=1S/C18H13NO6/c1-24-17(22)10-3-6-12(7-4-10)19-15(20)13-8-5-11(18(23)25-2)9-14(13)16(19)21/h3-9H,1-2H3. The lowest BCUT2D eigenvalue weighted by molar-refractivity contribution is 0.0592. The maximum atomic E-state index is 12.6. The molecule has 1 heterocycles. The average Bonchev–Trinajstić information content (AvgIpc) is 2.90. The molecule has 0 saturated heterocycles. The third-order valence-corrected chi connectivity index (χ3v) is 3.85. The fraction of sp³-hybridized carbons (Fsp3) is 0.111. The number of nitrogens with zero attached hydrogens (tertiary/aromatic N) is 1. The molecule has 2 aromatic carbocycles. The van der Waals surface area contributed by atoms with Gasteiger partial charge in [-0.25, -0.2) is 14.5 Å². The summed E-state index contributed by atoms with van der Waals surface area (Å²) in [4.78, 5) is 49.2. The predicted octanol–water partition coefficient (Wildman–Crippen LogP) is 2.06. The van der Waals surface area contributed by atoms with Crippen LogP contribution in [0.2, 0.25) is 0 Å². The summed E-state index contributed by atoms with van der Waals surface area (Å²) in [6.07, 6.45) is 0. The highest BCUT2D eigenvalue weighted by molar-refractivity contribution is 6.34. The zero-order chi connectivity index (χ0) is 18.1. The van der Waals surface area contributed by atoms with Gasteiger partial charge >= 0.3 is 11.9 Å². The van der Waals surface area contributed by atoms with Crippen LogP contribution in [-0.2, 0) is 9.47 Å². The van der Waals surface area contributed by atoms with Crippen molar-refractivity contribution in [3.8, 4) is 0 Å². The van der Waals surface area contributed by atoms with E-state index in [1.165, 1.54) is 56.7 Å². The van der Waals surface area contributed by atoms with Crippen LogP contribution in [0.1, 0.15) is 41.4 Å². The van der Waals surface area contributed by atoms with E-state index in [0.29, 0.717) is 11.3 Å². The molecule has 2 amide bonds. The van der Waals surface area contributed by atoms with Gasteiger partial charge in [0.2, 0.25) is 0 Å². The summed E-state index contributed by atoms with van der Waals surface area (Å²) in [6.45, 7) is 0. The van der Waals surface area contributed by atoms with Crippen molar-refractivity contribution in [1.29, 1.82) is 0 Å². The number of methoxy groups -OCH3 is 2. The van der Waals surface area contributed by atoms with E-state index in [-0.39, 0.29) is 16.7 Å². The molecule has 0 N–H and O–H groups in total. The first kappa shape index (κ1) is 16.4. The van der Waals surface area contributed by atoms with Crippen LogP contribution in [0, 0.1) is 0 Å². The molecule has 25 heavy (non-hydrogen) atoms. The molecule has 0 radical (unpaired) electrons. The van der Waals surface area contributed by atoms with Gasteiger partial charge in [0.1, 0.15) is 0 Å². The first-order chi connectivity index (χ1) is 12.0. The van der Waals surface area contributed by atoms with Crippen LogP contribution in [0.15, 0.2) is 42.5 Å². The van der Waals surface area contributed by atoms with Gasteiger partial charge in [-0.3, -0.25) is 9.59 Å². The molecule has 0 fully saturated rings. The Morgan fingerprint density at radius 1 is 0.760 bits per heavy atom. The minimum Gasteiger partial charge on any atom is -0.465 e. The molecule has 0 unspecified atom stereocenters. The van der Waals surface area contributed by atoms with Crippen molar-refractivity contribution in [2.45, 2.75) is 0 Å². The highest BCUT2D eigenvalue weighted by Gasteiger charge is 2.37. The Balaban J connectivity index is 1.97. The van der Waals surface area contributed by atoms with E-state index in [1.807, 2.05) is 0 Å². The number of benzene rings is 2. The SMILES string of the molecule is COC(=O)c1ccc(N2C(=O)c3ccc(C(=O)OC)cc3C2=O)cc1. The number of esters is 2. The normalized spacial score (nSPS) is 12.8. The maximum Gasteiger partial charge on any atom is 0.337 e. The van der Waals surface area contributed by atoms with Crippen molar-refractivity contribution < 1.29 is 28.7 Å². The minimum absolute atomic E-state index is 0.130. The quantitative estimate of drug-likeness (QED) is 0.628.